The molecule has 0 amide bonds. The molecule has 0 saturated heterocycles. The van der Waals surface area contributed by atoms with Crippen LogP contribution in [-0.2, 0) is 0 Å². The van der Waals surface area contributed by atoms with Crippen molar-refractivity contribution in [1.82, 2.24) is 19.7 Å². The summed E-state index contributed by atoms with van der Waals surface area (Å²) in [5, 5.41) is 7.39. The van der Waals surface area contributed by atoms with Gasteiger partial charge in [0.2, 0.25) is 5.95 Å². The van der Waals surface area contributed by atoms with Crippen molar-refractivity contribution in [3.8, 4) is 0 Å². The van der Waals surface area contributed by atoms with Gasteiger partial charge in [0.15, 0.2) is 4.77 Å². The lowest BCUT2D eigenvalue weighted by molar-refractivity contribution is 0.349. The van der Waals surface area contributed by atoms with Crippen LogP contribution in [-0.4, -0.2) is 53.9 Å². The van der Waals surface area contributed by atoms with E-state index in [1.165, 1.54) is 32.1 Å². The van der Waals surface area contributed by atoms with Crippen molar-refractivity contribution in [2.24, 2.45) is 0 Å². The summed E-state index contributed by atoms with van der Waals surface area (Å²) in [5.74, 6) is 0.985. The van der Waals surface area contributed by atoms with Crippen LogP contribution in [0.1, 0.15) is 38.1 Å². The number of hydrogen-bond acceptors (Lipinski definition) is 4. The van der Waals surface area contributed by atoms with E-state index in [9.17, 15) is 0 Å². The molecule has 1 heterocycles. The second-order valence-electron chi connectivity index (χ2n) is 5.72. The van der Waals surface area contributed by atoms with E-state index < -0.39 is 0 Å². The smallest absolute Gasteiger partial charge is 0.225 e. The van der Waals surface area contributed by atoms with Crippen molar-refractivity contribution in [2.75, 3.05) is 39.1 Å². The zero-order valence-electron chi connectivity index (χ0n) is 12.2. The predicted molar refractivity (Wildman–Crippen MR) is 81.4 cm³/mol. The standard InChI is InChI=1S/C13H25N5S/c1-16(2)9-10-17(3)12-14-15-13(19)18(12)11-7-5-4-6-8-11/h11H,4-10H2,1-3H3,(H,15,19). The molecule has 0 spiro atoms. The quantitative estimate of drug-likeness (QED) is 0.843. The van der Waals surface area contributed by atoms with Crippen LogP contribution in [0.4, 0.5) is 5.95 Å². The highest BCUT2D eigenvalue weighted by Gasteiger charge is 2.21. The molecular formula is C13H25N5S. The number of anilines is 1. The van der Waals surface area contributed by atoms with Gasteiger partial charge in [-0.15, -0.1) is 5.10 Å². The summed E-state index contributed by atoms with van der Waals surface area (Å²) < 4.78 is 2.99. The fraction of sp³-hybridized carbons (Fsp3) is 0.846. The summed E-state index contributed by atoms with van der Waals surface area (Å²) in [6, 6.07) is 0.525. The first-order valence-corrected chi connectivity index (χ1v) is 7.53. The molecule has 1 fully saturated rings. The number of H-pyrrole nitrogens is 1. The molecule has 0 unspecified atom stereocenters. The molecule has 0 aliphatic heterocycles. The number of hydrogen-bond donors (Lipinski definition) is 1. The maximum Gasteiger partial charge on any atom is 0.225 e. The Labute approximate surface area is 120 Å². The van der Waals surface area contributed by atoms with Gasteiger partial charge < -0.3 is 9.80 Å². The Morgan fingerprint density at radius 2 is 1.89 bits per heavy atom. The Hall–Kier alpha value is -0.880. The third-order valence-corrected chi connectivity index (χ3v) is 4.14. The Bertz CT molecular complexity index is 444. The fourth-order valence-electron chi connectivity index (χ4n) is 2.68. The third kappa shape index (κ3) is 3.57. The van der Waals surface area contributed by atoms with Crippen molar-refractivity contribution in [2.45, 2.75) is 38.1 Å². The Morgan fingerprint density at radius 3 is 2.53 bits per heavy atom. The van der Waals surface area contributed by atoms with Gasteiger partial charge in [-0.1, -0.05) is 19.3 Å². The number of aromatic nitrogens is 3. The van der Waals surface area contributed by atoms with Crippen LogP contribution in [0.3, 0.4) is 0 Å². The van der Waals surface area contributed by atoms with E-state index in [2.05, 4.69) is 45.7 Å². The Kier molecular flexibility index (Phi) is 4.99. The molecule has 5 nitrogen and oxygen atoms in total. The zero-order valence-corrected chi connectivity index (χ0v) is 13.0. The molecule has 1 N–H and O–H groups in total. The maximum absolute atomic E-state index is 5.42. The van der Waals surface area contributed by atoms with E-state index in [4.69, 9.17) is 12.2 Å². The molecule has 0 atom stereocenters. The van der Waals surface area contributed by atoms with Gasteiger partial charge in [0.25, 0.3) is 0 Å². The molecule has 1 aromatic rings. The van der Waals surface area contributed by atoms with Gasteiger partial charge in [-0.3, -0.25) is 4.57 Å². The topological polar surface area (TPSA) is 40.1 Å². The average Bonchev–Trinajstić information content (AvgIpc) is 2.79. The fourth-order valence-corrected chi connectivity index (χ4v) is 2.96. The van der Waals surface area contributed by atoms with Crippen LogP contribution in [0.5, 0.6) is 0 Å². The van der Waals surface area contributed by atoms with Gasteiger partial charge in [0.05, 0.1) is 0 Å². The van der Waals surface area contributed by atoms with Crippen molar-refractivity contribution in [3.63, 3.8) is 0 Å². The molecule has 108 valence electrons. The molecule has 19 heavy (non-hydrogen) atoms. The first-order chi connectivity index (χ1) is 9.09. The van der Waals surface area contributed by atoms with Gasteiger partial charge in [0.1, 0.15) is 0 Å². The molecule has 1 aliphatic rings. The number of nitrogens with one attached hydrogen (secondary N) is 1. The van der Waals surface area contributed by atoms with Crippen LogP contribution in [0.15, 0.2) is 0 Å². The first-order valence-electron chi connectivity index (χ1n) is 7.12. The lowest BCUT2D eigenvalue weighted by Gasteiger charge is -2.27. The second-order valence-corrected chi connectivity index (χ2v) is 6.10. The predicted octanol–water partition coefficient (Wildman–Crippen LogP) is 2.44. The van der Waals surface area contributed by atoms with Crippen LogP contribution < -0.4 is 4.90 Å². The van der Waals surface area contributed by atoms with Crippen LogP contribution >= 0.6 is 12.2 Å². The number of nitrogens with zero attached hydrogens (tertiary/aromatic N) is 4. The van der Waals surface area contributed by atoms with E-state index in [1.54, 1.807) is 0 Å². The van der Waals surface area contributed by atoms with Gasteiger partial charge in [-0.25, -0.2) is 5.10 Å². The Morgan fingerprint density at radius 1 is 1.21 bits per heavy atom. The molecule has 6 heteroatoms. The first kappa shape index (κ1) is 14.5. The van der Waals surface area contributed by atoms with Gasteiger partial charge in [-0.05, 0) is 39.2 Å². The lowest BCUT2D eigenvalue weighted by atomic mass is 9.95. The Balaban J connectivity index is 2.14. The number of rotatable bonds is 5. The van der Waals surface area contributed by atoms with Gasteiger partial charge in [-0.2, -0.15) is 0 Å². The number of likely N-dealkylation sites (N-methyl/N-ethyl adjacent to an activating group) is 2. The summed E-state index contributed by atoms with van der Waals surface area (Å²) >= 11 is 5.42. The van der Waals surface area contributed by atoms with Gasteiger partial charge >= 0.3 is 0 Å². The largest absolute Gasteiger partial charge is 0.343 e. The minimum Gasteiger partial charge on any atom is -0.343 e. The maximum atomic E-state index is 5.42. The summed E-state index contributed by atoms with van der Waals surface area (Å²) in [6.45, 7) is 1.97. The van der Waals surface area contributed by atoms with E-state index in [-0.39, 0.29) is 0 Å². The normalized spacial score (nSPS) is 17.1. The van der Waals surface area contributed by atoms with Crippen LogP contribution in [0.2, 0.25) is 0 Å². The summed E-state index contributed by atoms with van der Waals surface area (Å²) in [5.41, 5.74) is 0. The van der Waals surface area contributed by atoms with E-state index in [0.717, 1.165) is 23.8 Å². The monoisotopic (exact) mass is 283 g/mol. The molecule has 0 radical (unpaired) electrons. The highest BCUT2D eigenvalue weighted by Crippen LogP contribution is 2.31. The highest BCUT2D eigenvalue weighted by atomic mass is 32.1. The molecule has 0 aromatic carbocycles. The average molecular weight is 283 g/mol. The van der Waals surface area contributed by atoms with Gasteiger partial charge in [0, 0.05) is 26.2 Å². The molecule has 0 bridgehead atoms. The minimum atomic E-state index is 0.525. The zero-order chi connectivity index (χ0) is 13.8. The molecule has 2 rings (SSSR count). The summed E-state index contributed by atoms with van der Waals surface area (Å²) in [7, 11) is 6.27. The van der Waals surface area contributed by atoms with Crippen molar-refractivity contribution >= 4 is 18.2 Å². The van der Waals surface area contributed by atoms with Crippen molar-refractivity contribution < 1.29 is 0 Å². The molecule has 1 saturated carbocycles. The summed E-state index contributed by atoms with van der Waals surface area (Å²) in [4.78, 5) is 4.38. The van der Waals surface area contributed by atoms with E-state index in [1.807, 2.05) is 0 Å². The van der Waals surface area contributed by atoms with E-state index >= 15 is 0 Å². The molecule has 1 aliphatic carbocycles. The summed E-state index contributed by atoms with van der Waals surface area (Å²) in [6.07, 6.45) is 6.41. The van der Waals surface area contributed by atoms with E-state index in [0.29, 0.717) is 6.04 Å². The molecule has 1 aromatic heterocycles. The second kappa shape index (κ2) is 6.52. The number of aromatic amines is 1. The minimum absolute atomic E-state index is 0.525. The highest BCUT2D eigenvalue weighted by molar-refractivity contribution is 7.71. The molecular weight excluding hydrogens is 258 g/mol. The van der Waals surface area contributed by atoms with Crippen LogP contribution in [0.25, 0.3) is 0 Å². The van der Waals surface area contributed by atoms with Crippen molar-refractivity contribution in [3.05, 3.63) is 4.77 Å². The van der Waals surface area contributed by atoms with Crippen LogP contribution in [0, 0.1) is 4.77 Å². The SMILES string of the molecule is CN(C)CCN(C)c1n[nH]c(=S)n1C1CCCCC1. The lowest BCUT2D eigenvalue weighted by Crippen LogP contribution is -2.31. The third-order valence-electron chi connectivity index (χ3n) is 3.85. The van der Waals surface area contributed by atoms with Crippen molar-refractivity contribution in [1.29, 1.82) is 0 Å².